The largest absolute Gasteiger partial charge is 0.508 e. The molecule has 2 atom stereocenters. The minimum atomic E-state index is -3.59. The summed E-state index contributed by atoms with van der Waals surface area (Å²) >= 11 is 0. The van der Waals surface area contributed by atoms with Gasteiger partial charge in [-0.15, -0.1) is 0 Å². The van der Waals surface area contributed by atoms with Crippen LogP contribution in [0.25, 0.3) is 0 Å². The summed E-state index contributed by atoms with van der Waals surface area (Å²) in [5, 5.41) is 22.2. The van der Waals surface area contributed by atoms with Crippen LogP contribution in [0.2, 0.25) is 0 Å². The Morgan fingerprint density at radius 1 is 1.28 bits per heavy atom. The molecule has 2 unspecified atom stereocenters. The van der Waals surface area contributed by atoms with Crippen LogP contribution in [-0.4, -0.2) is 48.7 Å². The van der Waals surface area contributed by atoms with Gasteiger partial charge in [0.1, 0.15) is 24.2 Å². The molecule has 0 spiro atoms. The van der Waals surface area contributed by atoms with Gasteiger partial charge in [-0.2, -0.15) is 0 Å². The Labute approximate surface area is 150 Å². The van der Waals surface area contributed by atoms with Crippen molar-refractivity contribution in [3.63, 3.8) is 0 Å². The van der Waals surface area contributed by atoms with Gasteiger partial charge >= 0.3 is 0 Å². The average Bonchev–Trinajstić information content (AvgIpc) is 2.50. The molecule has 0 aliphatic rings. The van der Waals surface area contributed by atoms with E-state index >= 15 is 0 Å². The summed E-state index contributed by atoms with van der Waals surface area (Å²) in [7, 11) is -3.59. The SMILES string of the molecule is CCC(C)S(=O)(=O)Nc1cc(O)ccc1OCC(O)CNC(C)(C)C. The second-order valence-corrected chi connectivity index (χ2v) is 9.24. The number of aromatic hydroxyl groups is 1. The van der Waals surface area contributed by atoms with Crippen molar-refractivity contribution in [2.45, 2.75) is 57.9 Å². The molecule has 0 saturated heterocycles. The Hall–Kier alpha value is -1.51. The monoisotopic (exact) mass is 374 g/mol. The lowest BCUT2D eigenvalue weighted by atomic mass is 10.1. The molecule has 1 rings (SSSR count). The van der Waals surface area contributed by atoms with Crippen LogP contribution in [0.1, 0.15) is 41.0 Å². The minimum Gasteiger partial charge on any atom is -0.508 e. The van der Waals surface area contributed by atoms with Crippen molar-refractivity contribution in [1.82, 2.24) is 5.32 Å². The molecular formula is C17H30N2O5S. The third kappa shape index (κ3) is 7.50. The van der Waals surface area contributed by atoms with E-state index < -0.39 is 21.4 Å². The zero-order chi connectivity index (χ0) is 19.3. The number of hydrogen-bond donors (Lipinski definition) is 4. The number of nitrogens with one attached hydrogen (secondary N) is 2. The number of hydrogen-bond acceptors (Lipinski definition) is 6. The van der Waals surface area contributed by atoms with Crippen molar-refractivity contribution in [3.8, 4) is 11.5 Å². The van der Waals surface area contributed by atoms with Crippen molar-refractivity contribution >= 4 is 15.7 Å². The highest BCUT2D eigenvalue weighted by atomic mass is 32.2. The fourth-order valence-electron chi connectivity index (χ4n) is 1.87. The van der Waals surface area contributed by atoms with E-state index in [9.17, 15) is 18.6 Å². The van der Waals surface area contributed by atoms with Crippen LogP contribution in [0.5, 0.6) is 11.5 Å². The van der Waals surface area contributed by atoms with Crippen molar-refractivity contribution < 1.29 is 23.4 Å². The summed E-state index contributed by atoms with van der Waals surface area (Å²) in [6.45, 7) is 9.68. The number of aliphatic hydroxyl groups is 1. The lowest BCUT2D eigenvalue weighted by Crippen LogP contribution is -2.42. The quantitative estimate of drug-likeness (QED) is 0.527. The van der Waals surface area contributed by atoms with E-state index in [2.05, 4.69) is 10.0 Å². The Bertz CT molecular complexity index is 655. The minimum absolute atomic E-state index is 0.00802. The van der Waals surface area contributed by atoms with E-state index in [1.807, 2.05) is 20.8 Å². The van der Waals surface area contributed by atoms with Gasteiger partial charge in [-0.05, 0) is 46.2 Å². The molecule has 0 radical (unpaired) electrons. The number of sulfonamides is 1. The predicted octanol–water partition coefficient (Wildman–Crippen LogP) is 2.06. The predicted molar refractivity (Wildman–Crippen MR) is 99.7 cm³/mol. The third-order valence-corrected chi connectivity index (χ3v) is 5.52. The summed E-state index contributed by atoms with van der Waals surface area (Å²) in [6.07, 6.45) is -0.298. The third-order valence-electron chi connectivity index (χ3n) is 3.62. The summed E-state index contributed by atoms with van der Waals surface area (Å²) in [5.74, 6) is 0.170. The molecule has 0 saturated carbocycles. The lowest BCUT2D eigenvalue weighted by Gasteiger charge is -2.23. The van der Waals surface area contributed by atoms with Gasteiger partial charge in [0, 0.05) is 18.2 Å². The highest BCUT2D eigenvalue weighted by Gasteiger charge is 2.21. The maximum atomic E-state index is 12.2. The van der Waals surface area contributed by atoms with Crippen molar-refractivity contribution in [2.75, 3.05) is 17.9 Å². The molecule has 0 fully saturated rings. The van der Waals surface area contributed by atoms with E-state index in [-0.39, 0.29) is 29.3 Å². The first-order valence-corrected chi connectivity index (χ1v) is 9.89. The van der Waals surface area contributed by atoms with E-state index in [0.29, 0.717) is 13.0 Å². The van der Waals surface area contributed by atoms with Crippen LogP contribution in [0.15, 0.2) is 18.2 Å². The number of β-amino-alcohol motifs (C(OH)–C–C–N with tert-alkyl or cyclic N) is 1. The molecule has 1 aromatic rings. The maximum absolute atomic E-state index is 12.2. The highest BCUT2D eigenvalue weighted by molar-refractivity contribution is 7.93. The van der Waals surface area contributed by atoms with Crippen LogP contribution in [0.4, 0.5) is 5.69 Å². The molecule has 0 aliphatic carbocycles. The Morgan fingerprint density at radius 3 is 2.48 bits per heavy atom. The number of rotatable bonds is 9. The van der Waals surface area contributed by atoms with Gasteiger partial charge < -0.3 is 20.3 Å². The first-order valence-electron chi connectivity index (χ1n) is 8.35. The number of ether oxygens (including phenoxy) is 1. The van der Waals surface area contributed by atoms with Gasteiger partial charge in [-0.1, -0.05) is 6.92 Å². The maximum Gasteiger partial charge on any atom is 0.235 e. The summed E-state index contributed by atoms with van der Waals surface area (Å²) in [6, 6.07) is 4.15. The number of aliphatic hydroxyl groups excluding tert-OH is 1. The Kier molecular flexibility index (Phi) is 7.52. The summed E-state index contributed by atoms with van der Waals surface area (Å²) in [5.41, 5.74) is 0.0210. The van der Waals surface area contributed by atoms with Gasteiger partial charge in [0.25, 0.3) is 0 Å². The van der Waals surface area contributed by atoms with E-state index in [4.69, 9.17) is 4.74 Å². The van der Waals surface area contributed by atoms with Crippen LogP contribution < -0.4 is 14.8 Å². The molecular weight excluding hydrogens is 344 g/mol. The van der Waals surface area contributed by atoms with Gasteiger partial charge in [-0.25, -0.2) is 8.42 Å². The van der Waals surface area contributed by atoms with Gasteiger partial charge in [-0.3, -0.25) is 4.72 Å². The fourth-order valence-corrected chi connectivity index (χ4v) is 2.97. The molecule has 0 aliphatic heterocycles. The fraction of sp³-hybridized carbons (Fsp3) is 0.647. The van der Waals surface area contributed by atoms with Gasteiger partial charge in [0.05, 0.1) is 10.9 Å². The van der Waals surface area contributed by atoms with E-state index in [1.54, 1.807) is 13.8 Å². The zero-order valence-electron chi connectivity index (χ0n) is 15.5. The zero-order valence-corrected chi connectivity index (χ0v) is 16.4. The summed E-state index contributed by atoms with van der Waals surface area (Å²) in [4.78, 5) is 0. The average molecular weight is 375 g/mol. The molecule has 0 heterocycles. The Balaban J connectivity index is 2.81. The van der Waals surface area contributed by atoms with Crippen LogP contribution in [-0.2, 0) is 10.0 Å². The molecule has 0 bridgehead atoms. The normalized spacial score (nSPS) is 14.8. The van der Waals surface area contributed by atoms with Crippen LogP contribution >= 0.6 is 0 Å². The highest BCUT2D eigenvalue weighted by Crippen LogP contribution is 2.30. The topological polar surface area (TPSA) is 108 Å². The molecule has 0 aromatic heterocycles. The molecule has 1 aromatic carbocycles. The first-order chi connectivity index (χ1) is 11.4. The molecule has 144 valence electrons. The lowest BCUT2D eigenvalue weighted by molar-refractivity contribution is 0.100. The number of phenolic OH excluding ortho intramolecular Hbond substituents is 1. The van der Waals surface area contributed by atoms with Gasteiger partial charge in [0.15, 0.2) is 0 Å². The summed E-state index contributed by atoms with van der Waals surface area (Å²) < 4.78 is 32.5. The van der Waals surface area contributed by atoms with E-state index in [1.165, 1.54) is 18.2 Å². The second kappa shape index (κ2) is 8.73. The van der Waals surface area contributed by atoms with Crippen LogP contribution in [0, 0.1) is 0 Å². The standard InChI is InChI=1S/C17H30N2O5S/c1-6-12(2)25(22,23)19-15-9-13(20)7-8-16(15)24-11-14(21)10-18-17(3,4)5/h7-9,12,14,18-21H,6,10-11H2,1-5H3. The Morgan fingerprint density at radius 2 is 1.92 bits per heavy atom. The van der Waals surface area contributed by atoms with Crippen molar-refractivity contribution in [3.05, 3.63) is 18.2 Å². The smallest absolute Gasteiger partial charge is 0.235 e. The van der Waals surface area contributed by atoms with Gasteiger partial charge in [0.2, 0.25) is 10.0 Å². The first kappa shape index (κ1) is 21.5. The number of phenols is 1. The number of anilines is 1. The van der Waals surface area contributed by atoms with Crippen LogP contribution in [0.3, 0.4) is 0 Å². The molecule has 8 heteroatoms. The molecule has 0 amide bonds. The van der Waals surface area contributed by atoms with Crippen molar-refractivity contribution in [2.24, 2.45) is 0 Å². The van der Waals surface area contributed by atoms with E-state index in [0.717, 1.165) is 0 Å². The molecule has 7 nitrogen and oxygen atoms in total. The van der Waals surface area contributed by atoms with Crippen molar-refractivity contribution in [1.29, 1.82) is 0 Å². The molecule has 25 heavy (non-hydrogen) atoms. The number of benzene rings is 1. The molecule has 4 N–H and O–H groups in total. The second-order valence-electron chi connectivity index (χ2n) is 7.14.